The Morgan fingerprint density at radius 2 is 2.00 bits per heavy atom. The predicted octanol–water partition coefficient (Wildman–Crippen LogP) is 1.05. The molecule has 2 fully saturated rings. The number of nitrogens with zero attached hydrogens (tertiary/aromatic N) is 2. The molecule has 5 heteroatoms. The molecule has 1 N–H and O–H groups in total. The van der Waals surface area contributed by atoms with Crippen LogP contribution < -0.4 is 15.0 Å². The second kappa shape index (κ2) is 6.21. The Bertz CT molecular complexity index is 384. The summed E-state index contributed by atoms with van der Waals surface area (Å²) < 4.78 is 11.3. The minimum absolute atomic E-state index is 0.308. The fraction of sp³-hybridized carbons (Fsp3) is 0.643. The van der Waals surface area contributed by atoms with Crippen molar-refractivity contribution in [3.8, 4) is 5.88 Å². The van der Waals surface area contributed by atoms with Crippen molar-refractivity contribution in [1.29, 1.82) is 0 Å². The number of rotatable bonds is 3. The van der Waals surface area contributed by atoms with Crippen molar-refractivity contribution in [2.75, 3.05) is 44.3 Å². The van der Waals surface area contributed by atoms with Crippen LogP contribution in [0.3, 0.4) is 0 Å². The molecule has 0 saturated carbocycles. The molecule has 0 bridgehead atoms. The number of hydrogen-bond donors (Lipinski definition) is 1. The highest BCUT2D eigenvalue weighted by Crippen LogP contribution is 2.19. The summed E-state index contributed by atoms with van der Waals surface area (Å²) >= 11 is 0. The van der Waals surface area contributed by atoms with Crippen LogP contribution in [0.15, 0.2) is 18.3 Å². The van der Waals surface area contributed by atoms with Crippen LogP contribution in [0.5, 0.6) is 5.88 Å². The highest BCUT2D eigenvalue weighted by Gasteiger charge is 2.16. The van der Waals surface area contributed by atoms with Gasteiger partial charge in [-0.25, -0.2) is 4.98 Å². The van der Waals surface area contributed by atoms with Gasteiger partial charge in [0.25, 0.3) is 0 Å². The summed E-state index contributed by atoms with van der Waals surface area (Å²) in [7, 11) is 0. The summed E-state index contributed by atoms with van der Waals surface area (Å²) in [5.74, 6) is 0.740. The van der Waals surface area contributed by atoms with Crippen molar-refractivity contribution in [2.24, 2.45) is 0 Å². The van der Waals surface area contributed by atoms with Crippen molar-refractivity contribution in [3.05, 3.63) is 18.3 Å². The molecular weight excluding hydrogens is 242 g/mol. The maximum absolute atomic E-state index is 5.90. The van der Waals surface area contributed by atoms with Gasteiger partial charge in [-0.1, -0.05) is 0 Å². The molecule has 2 aliphatic heterocycles. The van der Waals surface area contributed by atoms with Gasteiger partial charge in [-0.2, -0.15) is 0 Å². The Morgan fingerprint density at radius 1 is 1.21 bits per heavy atom. The van der Waals surface area contributed by atoms with Crippen LogP contribution in [0.1, 0.15) is 12.8 Å². The molecule has 104 valence electrons. The second-order valence-corrected chi connectivity index (χ2v) is 5.02. The van der Waals surface area contributed by atoms with E-state index in [2.05, 4.69) is 21.3 Å². The average Bonchev–Trinajstić information content (AvgIpc) is 2.50. The zero-order chi connectivity index (χ0) is 12.9. The first-order valence-electron chi connectivity index (χ1n) is 7.08. The molecule has 0 aromatic carbocycles. The van der Waals surface area contributed by atoms with E-state index in [4.69, 9.17) is 9.47 Å². The van der Waals surface area contributed by atoms with Crippen LogP contribution >= 0.6 is 0 Å². The summed E-state index contributed by atoms with van der Waals surface area (Å²) in [5.41, 5.74) is 1.15. The average molecular weight is 263 g/mol. The molecule has 1 aromatic heterocycles. The molecule has 19 heavy (non-hydrogen) atoms. The highest BCUT2D eigenvalue weighted by molar-refractivity contribution is 5.45. The number of morpholine rings is 1. The van der Waals surface area contributed by atoms with Gasteiger partial charge in [-0.15, -0.1) is 0 Å². The Morgan fingerprint density at radius 3 is 2.68 bits per heavy atom. The number of hydrogen-bond acceptors (Lipinski definition) is 5. The van der Waals surface area contributed by atoms with E-state index in [0.29, 0.717) is 6.10 Å². The number of piperidine rings is 1. The standard InChI is InChI=1S/C14H21N3O2/c1-2-14(19-13-3-5-15-6-4-13)16-11-12(1)17-7-9-18-10-8-17/h1-2,11,13,15H,3-10H2. The molecule has 0 spiro atoms. The summed E-state index contributed by atoms with van der Waals surface area (Å²) in [6, 6.07) is 4.07. The van der Waals surface area contributed by atoms with Gasteiger partial charge in [-0.3, -0.25) is 0 Å². The maximum Gasteiger partial charge on any atom is 0.213 e. The molecule has 0 radical (unpaired) electrons. The lowest BCUT2D eigenvalue weighted by Crippen LogP contribution is -2.36. The SMILES string of the molecule is c1cc(OC2CCNCC2)ncc1N1CCOCC1. The molecule has 3 rings (SSSR count). The van der Waals surface area contributed by atoms with Crippen LogP contribution in [0, 0.1) is 0 Å². The molecule has 0 unspecified atom stereocenters. The molecule has 0 aliphatic carbocycles. The number of nitrogens with one attached hydrogen (secondary N) is 1. The monoisotopic (exact) mass is 263 g/mol. The van der Waals surface area contributed by atoms with Gasteiger partial charge >= 0.3 is 0 Å². The lowest BCUT2D eigenvalue weighted by molar-refractivity contribution is 0.122. The first kappa shape index (κ1) is 12.7. The van der Waals surface area contributed by atoms with Crippen LogP contribution in [0.4, 0.5) is 5.69 Å². The third-order valence-corrected chi connectivity index (χ3v) is 3.67. The molecule has 0 amide bonds. The van der Waals surface area contributed by atoms with Gasteiger partial charge in [0.1, 0.15) is 6.10 Å². The van der Waals surface area contributed by atoms with Gasteiger partial charge in [-0.05, 0) is 32.0 Å². The molecule has 2 saturated heterocycles. The minimum Gasteiger partial charge on any atom is -0.474 e. The third kappa shape index (κ3) is 3.36. The van der Waals surface area contributed by atoms with Gasteiger partial charge in [0.2, 0.25) is 5.88 Å². The van der Waals surface area contributed by atoms with E-state index in [1.54, 1.807) is 0 Å². The van der Waals surface area contributed by atoms with Gasteiger partial charge in [0.15, 0.2) is 0 Å². The maximum atomic E-state index is 5.90. The van der Waals surface area contributed by atoms with Crippen LogP contribution in [-0.2, 0) is 4.74 Å². The molecule has 2 aliphatic rings. The van der Waals surface area contributed by atoms with Gasteiger partial charge < -0.3 is 19.7 Å². The number of ether oxygens (including phenoxy) is 2. The van der Waals surface area contributed by atoms with Crippen LogP contribution in [0.25, 0.3) is 0 Å². The van der Waals surface area contributed by atoms with Crippen molar-refractivity contribution < 1.29 is 9.47 Å². The van der Waals surface area contributed by atoms with Gasteiger partial charge in [0, 0.05) is 19.2 Å². The van der Waals surface area contributed by atoms with Crippen molar-refractivity contribution in [2.45, 2.75) is 18.9 Å². The molecule has 3 heterocycles. The Hall–Kier alpha value is -1.33. The highest BCUT2D eigenvalue weighted by atomic mass is 16.5. The Labute approximate surface area is 113 Å². The summed E-state index contributed by atoms with van der Waals surface area (Å²) in [4.78, 5) is 6.72. The summed E-state index contributed by atoms with van der Waals surface area (Å²) in [5, 5.41) is 3.33. The fourth-order valence-corrected chi connectivity index (χ4v) is 2.53. The van der Waals surface area contributed by atoms with Crippen molar-refractivity contribution in [1.82, 2.24) is 10.3 Å². The predicted molar refractivity (Wildman–Crippen MR) is 73.8 cm³/mol. The van der Waals surface area contributed by atoms with E-state index in [0.717, 1.165) is 63.8 Å². The van der Waals surface area contributed by atoms with E-state index in [-0.39, 0.29) is 0 Å². The number of anilines is 1. The van der Waals surface area contributed by atoms with E-state index >= 15 is 0 Å². The molecule has 0 atom stereocenters. The number of aromatic nitrogens is 1. The number of pyridine rings is 1. The third-order valence-electron chi connectivity index (χ3n) is 3.67. The van der Waals surface area contributed by atoms with E-state index in [1.807, 2.05) is 12.3 Å². The topological polar surface area (TPSA) is 46.6 Å². The van der Waals surface area contributed by atoms with Crippen LogP contribution in [0.2, 0.25) is 0 Å². The second-order valence-electron chi connectivity index (χ2n) is 5.02. The van der Waals surface area contributed by atoms with E-state index in [1.165, 1.54) is 0 Å². The lowest BCUT2D eigenvalue weighted by Gasteiger charge is -2.28. The van der Waals surface area contributed by atoms with Crippen molar-refractivity contribution in [3.63, 3.8) is 0 Å². The smallest absolute Gasteiger partial charge is 0.213 e. The van der Waals surface area contributed by atoms with E-state index < -0.39 is 0 Å². The zero-order valence-corrected chi connectivity index (χ0v) is 11.2. The zero-order valence-electron chi connectivity index (χ0n) is 11.2. The van der Waals surface area contributed by atoms with Crippen molar-refractivity contribution >= 4 is 5.69 Å². The molecule has 5 nitrogen and oxygen atoms in total. The first-order valence-corrected chi connectivity index (χ1v) is 7.08. The molecular formula is C14H21N3O2. The van der Waals surface area contributed by atoms with E-state index in [9.17, 15) is 0 Å². The summed E-state index contributed by atoms with van der Waals surface area (Å²) in [6.07, 6.45) is 4.34. The van der Waals surface area contributed by atoms with Crippen LogP contribution in [-0.4, -0.2) is 50.5 Å². The normalized spacial score (nSPS) is 21.4. The first-order chi connectivity index (χ1) is 9.42. The fourth-order valence-electron chi connectivity index (χ4n) is 2.53. The largest absolute Gasteiger partial charge is 0.474 e. The minimum atomic E-state index is 0.308. The van der Waals surface area contributed by atoms with Gasteiger partial charge in [0.05, 0.1) is 25.1 Å². The molecule has 1 aromatic rings. The summed E-state index contributed by atoms with van der Waals surface area (Å²) in [6.45, 7) is 5.56. The Balaban J connectivity index is 1.58. The Kier molecular flexibility index (Phi) is 4.15. The lowest BCUT2D eigenvalue weighted by atomic mass is 10.1. The quantitative estimate of drug-likeness (QED) is 0.883.